The molecule has 2 rings (SSSR count). The van der Waals surface area contributed by atoms with Gasteiger partial charge >= 0.3 is 0 Å². The SMILES string of the molecule is C=C(/C=C/c1cc(O)c(C)cc1N)NCC1(S)C(=C)C1CN(CCC)CCC. The number of nitrogens with one attached hydrogen (secondary N) is 1. The second-order valence-corrected chi connectivity index (χ2v) is 8.58. The van der Waals surface area contributed by atoms with E-state index in [0.29, 0.717) is 18.2 Å². The average molecular weight is 402 g/mol. The van der Waals surface area contributed by atoms with Crippen LogP contribution in [0, 0.1) is 12.8 Å². The van der Waals surface area contributed by atoms with Gasteiger partial charge in [0.05, 0.1) is 4.75 Å². The van der Waals surface area contributed by atoms with Crippen molar-refractivity contribution in [3.8, 4) is 5.75 Å². The molecule has 1 fully saturated rings. The number of hydrogen-bond donors (Lipinski definition) is 4. The number of hydrogen-bond acceptors (Lipinski definition) is 5. The number of nitrogens with zero attached hydrogens (tertiary/aromatic N) is 1. The number of aryl methyl sites for hydroxylation is 1. The maximum absolute atomic E-state index is 9.86. The molecule has 0 heterocycles. The van der Waals surface area contributed by atoms with Crippen molar-refractivity contribution < 1.29 is 5.11 Å². The lowest BCUT2D eigenvalue weighted by Crippen LogP contribution is -2.32. The number of phenolic OH excluding ortho intramolecular Hbond substituents is 1. The molecule has 28 heavy (non-hydrogen) atoms. The standard InChI is InChI=1S/C23H35N3OS/c1-6-10-26(11-7-2)14-20-18(5)23(20,28)15-25-17(4)8-9-19-13-22(27)16(3)12-21(19)24/h8-9,12-13,20,25,27-28H,4-7,10-11,14-15,24H2,1-3H3/b9-8+. The molecule has 4 N–H and O–H groups in total. The molecule has 5 heteroatoms. The van der Waals surface area contributed by atoms with Crippen molar-refractivity contribution in [2.24, 2.45) is 5.92 Å². The fourth-order valence-corrected chi connectivity index (χ4v) is 3.97. The van der Waals surface area contributed by atoms with Crippen LogP contribution in [0.15, 0.2) is 42.6 Å². The van der Waals surface area contributed by atoms with Gasteiger partial charge in [-0.3, -0.25) is 0 Å². The number of phenols is 1. The van der Waals surface area contributed by atoms with Crippen LogP contribution in [0.5, 0.6) is 5.75 Å². The van der Waals surface area contributed by atoms with Crippen LogP contribution in [-0.2, 0) is 0 Å². The van der Waals surface area contributed by atoms with Crippen LogP contribution in [-0.4, -0.2) is 40.9 Å². The number of nitrogen functional groups attached to an aromatic ring is 1. The second-order valence-electron chi connectivity index (χ2n) is 7.78. The lowest BCUT2D eigenvalue weighted by molar-refractivity contribution is 0.263. The van der Waals surface area contributed by atoms with Gasteiger partial charge < -0.3 is 21.1 Å². The molecule has 0 bridgehead atoms. The highest BCUT2D eigenvalue weighted by molar-refractivity contribution is 7.82. The third-order valence-electron chi connectivity index (χ3n) is 5.44. The van der Waals surface area contributed by atoms with E-state index < -0.39 is 0 Å². The Balaban J connectivity index is 1.90. The Morgan fingerprint density at radius 1 is 1.36 bits per heavy atom. The molecule has 2 unspecified atom stereocenters. The van der Waals surface area contributed by atoms with E-state index >= 15 is 0 Å². The van der Waals surface area contributed by atoms with Gasteiger partial charge in [-0.25, -0.2) is 0 Å². The van der Waals surface area contributed by atoms with E-state index in [0.717, 1.165) is 49.3 Å². The highest BCUT2D eigenvalue weighted by Gasteiger charge is 2.55. The Kier molecular flexibility index (Phi) is 7.67. The van der Waals surface area contributed by atoms with Crippen LogP contribution >= 0.6 is 12.6 Å². The third-order valence-corrected chi connectivity index (χ3v) is 6.20. The van der Waals surface area contributed by atoms with E-state index in [2.05, 4.69) is 37.2 Å². The lowest BCUT2D eigenvalue weighted by Gasteiger charge is -2.22. The number of allylic oxidation sites excluding steroid dienone is 1. The number of rotatable bonds is 11. The van der Waals surface area contributed by atoms with Gasteiger partial charge in [0, 0.05) is 36.0 Å². The summed E-state index contributed by atoms with van der Waals surface area (Å²) in [5, 5.41) is 13.2. The van der Waals surface area contributed by atoms with E-state index in [4.69, 9.17) is 18.4 Å². The van der Waals surface area contributed by atoms with Crippen LogP contribution < -0.4 is 11.1 Å². The summed E-state index contributed by atoms with van der Waals surface area (Å²) in [5.74, 6) is 0.644. The van der Waals surface area contributed by atoms with Crippen molar-refractivity contribution in [3.63, 3.8) is 0 Å². The zero-order valence-electron chi connectivity index (χ0n) is 17.5. The predicted octanol–water partition coefficient (Wildman–Crippen LogP) is 4.38. The van der Waals surface area contributed by atoms with Crippen molar-refractivity contribution in [1.82, 2.24) is 10.2 Å². The summed E-state index contributed by atoms with van der Waals surface area (Å²) in [6.07, 6.45) is 6.06. The number of nitrogens with two attached hydrogens (primary N) is 1. The molecule has 0 radical (unpaired) electrons. The van der Waals surface area contributed by atoms with E-state index in [1.807, 2.05) is 19.1 Å². The van der Waals surface area contributed by atoms with Crippen molar-refractivity contribution in [1.29, 1.82) is 0 Å². The van der Waals surface area contributed by atoms with Gasteiger partial charge in [0.2, 0.25) is 0 Å². The van der Waals surface area contributed by atoms with Gasteiger partial charge in [-0.1, -0.05) is 38.7 Å². The highest BCUT2D eigenvalue weighted by Crippen LogP contribution is 2.54. The maximum atomic E-state index is 9.86. The molecule has 4 nitrogen and oxygen atoms in total. The normalized spacial score (nSPS) is 21.5. The number of anilines is 1. The monoisotopic (exact) mass is 401 g/mol. The average Bonchev–Trinajstić information content (AvgIpc) is 3.15. The van der Waals surface area contributed by atoms with Crippen molar-refractivity contribution >= 4 is 24.4 Å². The minimum absolute atomic E-state index is 0.183. The fraction of sp³-hybridized carbons (Fsp3) is 0.478. The van der Waals surface area contributed by atoms with Crippen LogP contribution in [0.1, 0.15) is 37.8 Å². The quantitative estimate of drug-likeness (QED) is 0.146. The minimum atomic E-state index is -0.183. The first-order valence-electron chi connectivity index (χ1n) is 10.1. The zero-order chi connectivity index (χ0) is 20.9. The van der Waals surface area contributed by atoms with Crippen molar-refractivity contribution in [2.45, 2.75) is 38.4 Å². The molecule has 1 aromatic carbocycles. The summed E-state index contributed by atoms with van der Waals surface area (Å²) in [7, 11) is 0. The molecule has 0 amide bonds. The molecule has 2 atom stereocenters. The molecule has 0 aliphatic heterocycles. The van der Waals surface area contributed by atoms with Gasteiger partial charge in [0.15, 0.2) is 0 Å². The fourth-order valence-electron chi connectivity index (χ4n) is 3.56. The third kappa shape index (κ3) is 5.36. The first kappa shape index (κ1) is 22.4. The van der Waals surface area contributed by atoms with Gasteiger partial charge in [-0.15, -0.1) is 0 Å². The molecule has 1 aliphatic carbocycles. The summed E-state index contributed by atoms with van der Waals surface area (Å²) >= 11 is 4.91. The number of benzene rings is 1. The largest absolute Gasteiger partial charge is 0.508 e. The molecule has 0 saturated heterocycles. The first-order valence-corrected chi connectivity index (χ1v) is 10.5. The predicted molar refractivity (Wildman–Crippen MR) is 125 cm³/mol. The smallest absolute Gasteiger partial charge is 0.119 e. The summed E-state index contributed by atoms with van der Waals surface area (Å²) in [6, 6.07) is 3.44. The van der Waals surface area contributed by atoms with Crippen LogP contribution in [0.2, 0.25) is 0 Å². The number of thiol groups is 1. The van der Waals surface area contributed by atoms with Crippen molar-refractivity contribution in [3.05, 3.63) is 53.8 Å². The Hall–Kier alpha value is -1.85. The molecular formula is C23H35N3OS. The van der Waals surface area contributed by atoms with Gasteiger partial charge in [-0.05, 0) is 56.6 Å². The topological polar surface area (TPSA) is 61.5 Å². The van der Waals surface area contributed by atoms with Crippen molar-refractivity contribution in [2.75, 3.05) is 31.9 Å². The zero-order valence-corrected chi connectivity index (χ0v) is 18.4. The second kappa shape index (κ2) is 9.57. The summed E-state index contributed by atoms with van der Waals surface area (Å²) in [5.41, 5.74) is 10.2. The number of aromatic hydroxyl groups is 1. The maximum Gasteiger partial charge on any atom is 0.119 e. The van der Waals surface area contributed by atoms with E-state index in [9.17, 15) is 5.11 Å². The van der Waals surface area contributed by atoms with Gasteiger partial charge in [0.25, 0.3) is 0 Å². The molecule has 154 valence electrons. The molecule has 0 spiro atoms. The van der Waals surface area contributed by atoms with E-state index in [1.165, 1.54) is 5.57 Å². The summed E-state index contributed by atoms with van der Waals surface area (Å²) in [4.78, 5) is 2.51. The molecule has 1 saturated carbocycles. The minimum Gasteiger partial charge on any atom is -0.508 e. The Labute approximate surface area is 175 Å². The highest BCUT2D eigenvalue weighted by atomic mass is 32.1. The summed E-state index contributed by atoms with van der Waals surface area (Å²) < 4.78 is -0.183. The first-order chi connectivity index (χ1) is 13.2. The molecular weight excluding hydrogens is 366 g/mol. The van der Waals surface area contributed by atoms with E-state index in [1.54, 1.807) is 12.1 Å². The molecule has 0 aromatic heterocycles. The Bertz CT molecular complexity index is 752. The van der Waals surface area contributed by atoms with Gasteiger partial charge in [-0.2, -0.15) is 12.6 Å². The Morgan fingerprint density at radius 3 is 2.61 bits per heavy atom. The van der Waals surface area contributed by atoms with E-state index in [-0.39, 0.29) is 10.5 Å². The molecule has 1 aliphatic rings. The Morgan fingerprint density at radius 2 is 2.00 bits per heavy atom. The molecule has 1 aromatic rings. The van der Waals surface area contributed by atoms with Crippen LogP contribution in [0.25, 0.3) is 6.08 Å². The van der Waals surface area contributed by atoms with Gasteiger partial charge in [0.1, 0.15) is 5.75 Å². The lowest BCUT2D eigenvalue weighted by atomic mass is 10.1. The summed E-state index contributed by atoms with van der Waals surface area (Å²) in [6.45, 7) is 18.5. The van der Waals surface area contributed by atoms with Crippen LogP contribution in [0.4, 0.5) is 5.69 Å². The van der Waals surface area contributed by atoms with Crippen LogP contribution in [0.3, 0.4) is 0 Å².